The summed E-state index contributed by atoms with van der Waals surface area (Å²) < 4.78 is 16.5. The van der Waals surface area contributed by atoms with Crippen LogP contribution in [0, 0.1) is 11.7 Å². The van der Waals surface area contributed by atoms with Crippen molar-refractivity contribution in [2.75, 3.05) is 26.2 Å². The van der Waals surface area contributed by atoms with Crippen LogP contribution in [-0.4, -0.2) is 51.6 Å². The van der Waals surface area contributed by atoms with Gasteiger partial charge in [0.05, 0.1) is 5.56 Å². The van der Waals surface area contributed by atoms with E-state index < -0.39 is 5.82 Å². The summed E-state index contributed by atoms with van der Waals surface area (Å²) in [6.07, 6.45) is 5.59. The second kappa shape index (κ2) is 8.14. The number of benzene rings is 1. The summed E-state index contributed by atoms with van der Waals surface area (Å²) in [6.45, 7) is 3.22. The molecule has 30 heavy (non-hydrogen) atoms. The van der Waals surface area contributed by atoms with Crippen molar-refractivity contribution in [1.29, 1.82) is 0 Å². The van der Waals surface area contributed by atoms with Crippen LogP contribution in [0.25, 0.3) is 5.65 Å². The lowest BCUT2D eigenvalue weighted by molar-refractivity contribution is 0.0706. The molecule has 7 heteroatoms. The number of nitrogens with one attached hydrogen (secondary N) is 1. The van der Waals surface area contributed by atoms with Crippen molar-refractivity contribution >= 4 is 11.6 Å². The SMILES string of the molecule is O=C(c1cc(CC2CCNC2)ccc1F)N1CCC(c2nnc3ccccn23)CC1. The Kier molecular flexibility index (Phi) is 5.21. The molecule has 6 nitrogen and oxygen atoms in total. The van der Waals surface area contributed by atoms with Gasteiger partial charge < -0.3 is 10.2 Å². The molecule has 0 saturated carbocycles. The molecule has 1 N–H and O–H groups in total. The third kappa shape index (κ3) is 3.69. The van der Waals surface area contributed by atoms with Gasteiger partial charge in [0, 0.05) is 25.2 Å². The van der Waals surface area contributed by atoms with Crippen molar-refractivity contribution < 1.29 is 9.18 Å². The molecule has 2 fully saturated rings. The quantitative estimate of drug-likeness (QED) is 0.722. The minimum absolute atomic E-state index is 0.199. The highest BCUT2D eigenvalue weighted by molar-refractivity contribution is 5.94. The van der Waals surface area contributed by atoms with Gasteiger partial charge in [-0.15, -0.1) is 10.2 Å². The van der Waals surface area contributed by atoms with Crippen LogP contribution in [0.4, 0.5) is 4.39 Å². The van der Waals surface area contributed by atoms with Crippen molar-refractivity contribution in [1.82, 2.24) is 24.8 Å². The van der Waals surface area contributed by atoms with Crippen molar-refractivity contribution in [3.63, 3.8) is 0 Å². The van der Waals surface area contributed by atoms with Gasteiger partial charge in [0.15, 0.2) is 5.65 Å². The van der Waals surface area contributed by atoms with Gasteiger partial charge in [-0.1, -0.05) is 12.1 Å². The summed E-state index contributed by atoms with van der Waals surface area (Å²) in [7, 11) is 0. The summed E-state index contributed by atoms with van der Waals surface area (Å²) in [4.78, 5) is 14.8. The van der Waals surface area contributed by atoms with Crippen LogP contribution in [0.5, 0.6) is 0 Å². The maximum absolute atomic E-state index is 14.5. The lowest BCUT2D eigenvalue weighted by Gasteiger charge is -2.31. The van der Waals surface area contributed by atoms with Gasteiger partial charge in [-0.05, 0) is 74.5 Å². The molecule has 2 aromatic heterocycles. The largest absolute Gasteiger partial charge is 0.339 e. The molecule has 0 spiro atoms. The first-order valence-corrected chi connectivity index (χ1v) is 10.8. The van der Waals surface area contributed by atoms with Crippen molar-refractivity contribution in [3.05, 3.63) is 65.4 Å². The minimum atomic E-state index is -0.432. The van der Waals surface area contributed by atoms with E-state index in [9.17, 15) is 9.18 Å². The topological polar surface area (TPSA) is 62.5 Å². The molecular weight excluding hydrogens is 381 g/mol. The molecule has 4 heterocycles. The summed E-state index contributed by atoms with van der Waals surface area (Å²) >= 11 is 0. The number of carbonyl (C=O) groups is 1. The highest BCUT2D eigenvalue weighted by atomic mass is 19.1. The normalized spacial score (nSPS) is 20.2. The molecule has 0 bridgehead atoms. The van der Waals surface area contributed by atoms with Crippen LogP contribution in [-0.2, 0) is 6.42 Å². The van der Waals surface area contributed by atoms with Gasteiger partial charge in [0.25, 0.3) is 5.91 Å². The standard InChI is InChI=1S/C23H26FN5O/c24-20-5-4-16(13-17-6-9-25-15-17)14-19(20)23(30)28-11-7-18(8-12-28)22-27-26-21-3-1-2-10-29(21)22/h1-5,10,14,17-18,25H,6-9,11-13,15H2. The Morgan fingerprint density at radius 1 is 1.13 bits per heavy atom. The Hall–Kier alpha value is -2.80. The predicted octanol–water partition coefficient (Wildman–Crippen LogP) is 3.04. The minimum Gasteiger partial charge on any atom is -0.339 e. The number of halogens is 1. The van der Waals surface area contributed by atoms with Gasteiger partial charge >= 0.3 is 0 Å². The maximum Gasteiger partial charge on any atom is 0.256 e. The number of rotatable bonds is 4. The first kappa shape index (κ1) is 19.2. The summed E-state index contributed by atoms with van der Waals surface area (Å²) in [6, 6.07) is 10.9. The van der Waals surface area contributed by atoms with Crippen LogP contribution in [0.15, 0.2) is 42.6 Å². The molecule has 1 unspecified atom stereocenters. The number of amides is 1. The third-order valence-electron chi connectivity index (χ3n) is 6.44. The van der Waals surface area contributed by atoms with E-state index in [0.717, 1.165) is 55.8 Å². The van der Waals surface area contributed by atoms with Crippen molar-refractivity contribution in [3.8, 4) is 0 Å². The number of hydrogen-bond acceptors (Lipinski definition) is 4. The molecule has 0 aliphatic carbocycles. The molecule has 2 saturated heterocycles. The number of fused-ring (bicyclic) bond motifs is 1. The number of hydrogen-bond donors (Lipinski definition) is 1. The Bertz CT molecular complexity index is 1050. The lowest BCUT2D eigenvalue weighted by Crippen LogP contribution is -2.38. The molecule has 2 aliphatic rings. The van der Waals surface area contributed by atoms with Crippen LogP contribution >= 0.6 is 0 Å². The first-order chi connectivity index (χ1) is 14.7. The van der Waals surface area contributed by atoms with Crippen molar-refractivity contribution in [2.45, 2.75) is 31.6 Å². The predicted molar refractivity (Wildman–Crippen MR) is 112 cm³/mol. The zero-order chi connectivity index (χ0) is 20.5. The second-order valence-corrected chi connectivity index (χ2v) is 8.43. The summed E-state index contributed by atoms with van der Waals surface area (Å²) in [5, 5.41) is 12.0. The summed E-state index contributed by atoms with van der Waals surface area (Å²) in [5.41, 5.74) is 2.07. The highest BCUT2D eigenvalue weighted by Crippen LogP contribution is 2.28. The fourth-order valence-corrected chi connectivity index (χ4v) is 4.73. The Labute approximate surface area is 175 Å². The second-order valence-electron chi connectivity index (χ2n) is 8.43. The third-order valence-corrected chi connectivity index (χ3v) is 6.44. The van der Waals surface area contributed by atoms with Gasteiger partial charge in [0.1, 0.15) is 11.6 Å². The van der Waals surface area contributed by atoms with E-state index >= 15 is 0 Å². The number of aromatic nitrogens is 3. The first-order valence-electron chi connectivity index (χ1n) is 10.8. The molecule has 1 amide bonds. The molecule has 3 aromatic rings. The van der Waals surface area contributed by atoms with E-state index in [4.69, 9.17) is 0 Å². The fraction of sp³-hybridized carbons (Fsp3) is 0.435. The molecule has 1 atom stereocenters. The Morgan fingerprint density at radius 3 is 2.80 bits per heavy atom. The van der Waals surface area contributed by atoms with Gasteiger partial charge in [-0.2, -0.15) is 0 Å². The molecular formula is C23H26FN5O. The highest BCUT2D eigenvalue weighted by Gasteiger charge is 2.28. The molecule has 2 aliphatic heterocycles. The average molecular weight is 407 g/mol. The smallest absolute Gasteiger partial charge is 0.256 e. The van der Waals surface area contributed by atoms with Crippen LogP contribution in [0.1, 0.15) is 46.9 Å². The van der Waals surface area contributed by atoms with Gasteiger partial charge in [-0.25, -0.2) is 4.39 Å². The number of likely N-dealkylation sites (tertiary alicyclic amines) is 1. The number of carbonyl (C=O) groups excluding carboxylic acids is 1. The van der Waals surface area contributed by atoms with Crippen LogP contribution < -0.4 is 5.32 Å². The van der Waals surface area contributed by atoms with Crippen LogP contribution in [0.2, 0.25) is 0 Å². The average Bonchev–Trinajstić information content (AvgIpc) is 3.45. The van der Waals surface area contributed by atoms with Crippen molar-refractivity contribution in [2.24, 2.45) is 5.92 Å². The van der Waals surface area contributed by atoms with Gasteiger partial charge in [0.2, 0.25) is 0 Å². The van der Waals surface area contributed by atoms with E-state index in [-0.39, 0.29) is 17.4 Å². The maximum atomic E-state index is 14.5. The Balaban J connectivity index is 1.27. The number of piperidine rings is 1. The zero-order valence-electron chi connectivity index (χ0n) is 16.9. The zero-order valence-corrected chi connectivity index (χ0v) is 16.9. The molecule has 156 valence electrons. The molecule has 5 rings (SSSR count). The van der Waals surface area contributed by atoms with Crippen LogP contribution in [0.3, 0.4) is 0 Å². The van der Waals surface area contributed by atoms with Gasteiger partial charge in [-0.3, -0.25) is 9.20 Å². The molecule has 1 aromatic carbocycles. The van der Waals surface area contributed by atoms with E-state index in [1.54, 1.807) is 11.0 Å². The molecule has 0 radical (unpaired) electrons. The lowest BCUT2D eigenvalue weighted by atomic mass is 9.94. The fourth-order valence-electron chi connectivity index (χ4n) is 4.73. The monoisotopic (exact) mass is 407 g/mol. The summed E-state index contributed by atoms with van der Waals surface area (Å²) in [5.74, 6) is 1.11. The van der Waals surface area contributed by atoms with E-state index in [1.807, 2.05) is 34.9 Å². The van der Waals surface area contributed by atoms with E-state index in [2.05, 4.69) is 15.5 Å². The van der Waals surface area contributed by atoms with E-state index in [1.165, 1.54) is 6.07 Å². The Morgan fingerprint density at radius 2 is 2.00 bits per heavy atom. The number of nitrogens with zero attached hydrogens (tertiary/aromatic N) is 4. The number of pyridine rings is 1. The van der Waals surface area contributed by atoms with E-state index in [0.29, 0.717) is 19.0 Å².